The summed E-state index contributed by atoms with van der Waals surface area (Å²) in [5, 5.41) is 3.87. The van der Waals surface area contributed by atoms with Crippen molar-refractivity contribution in [1.29, 1.82) is 0 Å². The third-order valence-corrected chi connectivity index (χ3v) is 5.79. The van der Waals surface area contributed by atoms with Gasteiger partial charge in [0.2, 0.25) is 0 Å². The summed E-state index contributed by atoms with van der Waals surface area (Å²) in [7, 11) is 0. The molecule has 2 unspecified atom stereocenters. The molecule has 1 aliphatic carbocycles. The minimum atomic E-state index is 0.410. The molecule has 1 saturated heterocycles. The van der Waals surface area contributed by atoms with Gasteiger partial charge in [0.1, 0.15) is 0 Å². The van der Waals surface area contributed by atoms with Crippen LogP contribution in [0.5, 0.6) is 0 Å². The largest absolute Gasteiger partial charge is 0.308 e. The highest BCUT2D eigenvalue weighted by Crippen LogP contribution is 2.41. The van der Waals surface area contributed by atoms with Crippen molar-refractivity contribution in [2.75, 3.05) is 19.6 Å². The Hall–Kier alpha value is -0.0800. The summed E-state index contributed by atoms with van der Waals surface area (Å²) in [5.74, 6) is 0.951. The average molecular weight is 295 g/mol. The Balaban J connectivity index is 1.66. The second-order valence-electron chi connectivity index (χ2n) is 7.73. The molecule has 0 bridgehead atoms. The van der Waals surface area contributed by atoms with E-state index in [1.54, 1.807) is 0 Å². The van der Waals surface area contributed by atoms with Crippen molar-refractivity contribution in [2.45, 2.75) is 96.6 Å². The fourth-order valence-corrected chi connectivity index (χ4v) is 4.02. The average Bonchev–Trinajstić information content (AvgIpc) is 3.32. The lowest BCUT2D eigenvalue weighted by Crippen LogP contribution is -2.63. The van der Waals surface area contributed by atoms with E-state index in [9.17, 15) is 0 Å². The molecule has 1 heterocycles. The second-order valence-corrected chi connectivity index (χ2v) is 7.73. The molecule has 0 spiro atoms. The monoisotopic (exact) mass is 294 g/mol. The van der Waals surface area contributed by atoms with Crippen molar-refractivity contribution in [1.82, 2.24) is 10.2 Å². The van der Waals surface area contributed by atoms with Crippen molar-refractivity contribution in [3.63, 3.8) is 0 Å². The van der Waals surface area contributed by atoms with Gasteiger partial charge in [0.25, 0.3) is 0 Å². The van der Waals surface area contributed by atoms with Gasteiger partial charge in [0.05, 0.1) is 0 Å². The lowest BCUT2D eigenvalue weighted by Gasteiger charge is -2.46. The van der Waals surface area contributed by atoms with E-state index in [0.717, 1.165) is 12.0 Å². The molecule has 0 aromatic heterocycles. The Bertz CT molecular complexity index is 287. The van der Waals surface area contributed by atoms with Crippen molar-refractivity contribution < 1.29 is 0 Å². The Kier molecular flexibility index (Phi) is 7.01. The highest BCUT2D eigenvalue weighted by Gasteiger charge is 2.45. The molecular weight excluding hydrogens is 256 g/mol. The van der Waals surface area contributed by atoms with Crippen LogP contribution in [0.3, 0.4) is 0 Å². The third kappa shape index (κ3) is 5.25. The Morgan fingerprint density at radius 3 is 2.29 bits per heavy atom. The van der Waals surface area contributed by atoms with E-state index in [-0.39, 0.29) is 0 Å². The number of nitrogens with zero attached hydrogens (tertiary/aromatic N) is 1. The highest BCUT2D eigenvalue weighted by atomic mass is 15.3. The van der Waals surface area contributed by atoms with Crippen LogP contribution < -0.4 is 5.32 Å². The number of unbranched alkanes of at least 4 members (excludes halogenated alkanes) is 6. The van der Waals surface area contributed by atoms with Crippen LogP contribution >= 0.6 is 0 Å². The van der Waals surface area contributed by atoms with E-state index in [4.69, 9.17) is 0 Å². The summed E-state index contributed by atoms with van der Waals surface area (Å²) >= 11 is 0. The third-order valence-electron chi connectivity index (χ3n) is 5.79. The molecule has 1 aliphatic heterocycles. The zero-order valence-corrected chi connectivity index (χ0v) is 14.8. The maximum atomic E-state index is 3.87. The van der Waals surface area contributed by atoms with Crippen LogP contribution in [0.25, 0.3) is 0 Å². The predicted molar refractivity (Wildman–Crippen MR) is 92.8 cm³/mol. The first-order chi connectivity index (χ1) is 10.2. The van der Waals surface area contributed by atoms with Gasteiger partial charge in [-0.2, -0.15) is 0 Å². The molecule has 124 valence electrons. The standard InChI is InChI=1S/C19H38N2/c1-4-6-7-8-9-10-11-14-21-16-19(3,17-12-13-17)20-15-18(21)5-2/h17-18,20H,4-16H2,1-3H3. The van der Waals surface area contributed by atoms with E-state index in [1.165, 1.54) is 83.8 Å². The van der Waals surface area contributed by atoms with Gasteiger partial charge >= 0.3 is 0 Å². The summed E-state index contributed by atoms with van der Waals surface area (Å²) in [4.78, 5) is 2.81. The van der Waals surface area contributed by atoms with Crippen LogP contribution in [-0.4, -0.2) is 36.1 Å². The first kappa shape index (κ1) is 17.3. The van der Waals surface area contributed by atoms with Gasteiger partial charge < -0.3 is 5.32 Å². The van der Waals surface area contributed by atoms with Gasteiger partial charge in [-0.25, -0.2) is 0 Å². The molecule has 1 N–H and O–H groups in total. The molecule has 2 nitrogen and oxygen atoms in total. The summed E-state index contributed by atoms with van der Waals surface area (Å²) in [6, 6.07) is 0.775. The lowest BCUT2D eigenvalue weighted by molar-refractivity contribution is 0.0713. The summed E-state index contributed by atoms with van der Waals surface area (Å²) < 4.78 is 0. The SMILES string of the molecule is CCCCCCCCCN1CC(C)(C2CC2)NCC1CC. The number of rotatable bonds is 10. The molecule has 2 fully saturated rings. The van der Waals surface area contributed by atoms with Crippen LogP contribution in [0.1, 0.15) is 85.0 Å². The quantitative estimate of drug-likeness (QED) is 0.593. The lowest BCUT2D eigenvalue weighted by atomic mass is 9.90. The van der Waals surface area contributed by atoms with E-state index < -0.39 is 0 Å². The number of hydrogen-bond acceptors (Lipinski definition) is 2. The first-order valence-electron chi connectivity index (χ1n) is 9.68. The minimum absolute atomic E-state index is 0.410. The van der Waals surface area contributed by atoms with Gasteiger partial charge in [-0.05, 0) is 45.1 Å². The normalized spacial score (nSPS) is 30.7. The van der Waals surface area contributed by atoms with E-state index >= 15 is 0 Å². The first-order valence-corrected chi connectivity index (χ1v) is 9.68. The molecule has 2 atom stereocenters. The molecule has 0 aromatic rings. The molecule has 0 radical (unpaired) electrons. The maximum absolute atomic E-state index is 3.87. The van der Waals surface area contributed by atoms with Gasteiger partial charge in [0.15, 0.2) is 0 Å². The van der Waals surface area contributed by atoms with Crippen LogP contribution in [0.15, 0.2) is 0 Å². The molecule has 0 aromatic carbocycles. The van der Waals surface area contributed by atoms with Crippen molar-refractivity contribution in [3.8, 4) is 0 Å². The van der Waals surface area contributed by atoms with E-state index in [1.807, 2.05) is 0 Å². The maximum Gasteiger partial charge on any atom is 0.0309 e. The zero-order valence-electron chi connectivity index (χ0n) is 14.8. The predicted octanol–water partition coefficient (Wildman–Crippen LogP) is 4.59. The fraction of sp³-hybridized carbons (Fsp3) is 1.00. The van der Waals surface area contributed by atoms with E-state index in [2.05, 4.69) is 31.0 Å². The van der Waals surface area contributed by atoms with Crippen molar-refractivity contribution in [2.24, 2.45) is 5.92 Å². The molecule has 2 heteroatoms. The number of nitrogens with one attached hydrogen (secondary N) is 1. The molecule has 21 heavy (non-hydrogen) atoms. The zero-order chi connectivity index (χ0) is 15.1. The molecule has 0 amide bonds. The van der Waals surface area contributed by atoms with Crippen LogP contribution in [0, 0.1) is 5.92 Å². The van der Waals surface area contributed by atoms with Crippen LogP contribution in [-0.2, 0) is 0 Å². The second kappa shape index (κ2) is 8.53. The molecular formula is C19H38N2. The van der Waals surface area contributed by atoms with Crippen LogP contribution in [0.2, 0.25) is 0 Å². The number of piperazine rings is 1. The van der Waals surface area contributed by atoms with Gasteiger partial charge in [-0.1, -0.05) is 52.4 Å². The summed E-state index contributed by atoms with van der Waals surface area (Å²) in [6.07, 6.45) is 14.2. The van der Waals surface area contributed by atoms with Gasteiger partial charge in [-0.3, -0.25) is 4.90 Å². The van der Waals surface area contributed by atoms with Crippen molar-refractivity contribution in [3.05, 3.63) is 0 Å². The molecule has 2 aliphatic rings. The molecule has 1 saturated carbocycles. The van der Waals surface area contributed by atoms with Crippen molar-refractivity contribution >= 4 is 0 Å². The Morgan fingerprint density at radius 1 is 1.00 bits per heavy atom. The summed E-state index contributed by atoms with van der Waals surface area (Å²) in [5.41, 5.74) is 0.410. The Labute approximate surface area is 133 Å². The van der Waals surface area contributed by atoms with Gasteiger partial charge in [-0.15, -0.1) is 0 Å². The topological polar surface area (TPSA) is 15.3 Å². The van der Waals surface area contributed by atoms with Gasteiger partial charge in [0, 0.05) is 24.7 Å². The number of hydrogen-bond donors (Lipinski definition) is 1. The fourth-order valence-electron chi connectivity index (χ4n) is 4.02. The summed E-state index contributed by atoms with van der Waals surface area (Å²) in [6.45, 7) is 10.9. The molecule has 2 rings (SSSR count). The Morgan fingerprint density at radius 2 is 1.67 bits per heavy atom. The minimum Gasteiger partial charge on any atom is -0.308 e. The highest BCUT2D eigenvalue weighted by molar-refractivity contribution is 5.03. The van der Waals surface area contributed by atoms with E-state index in [0.29, 0.717) is 5.54 Å². The van der Waals surface area contributed by atoms with Crippen LogP contribution in [0.4, 0.5) is 0 Å². The smallest absolute Gasteiger partial charge is 0.0309 e.